The molecule has 4 heterocycles. The highest BCUT2D eigenvalue weighted by Crippen LogP contribution is 2.39. The van der Waals surface area contributed by atoms with Crippen LogP contribution >= 0.6 is 0 Å². The van der Waals surface area contributed by atoms with Crippen molar-refractivity contribution >= 4 is 28.4 Å². The number of nitrogens with zero attached hydrogens (tertiary/aromatic N) is 5. The van der Waals surface area contributed by atoms with Crippen LogP contribution in [0.2, 0.25) is 0 Å². The van der Waals surface area contributed by atoms with Crippen LogP contribution in [-0.2, 0) is 11.8 Å². The first-order valence-corrected chi connectivity index (χ1v) is 14.7. The summed E-state index contributed by atoms with van der Waals surface area (Å²) in [5, 5.41) is 12.3. The predicted molar refractivity (Wildman–Crippen MR) is 168 cm³/mol. The quantitative estimate of drug-likeness (QED) is 0.243. The summed E-state index contributed by atoms with van der Waals surface area (Å²) in [4.78, 5) is 45.7. The molecule has 2 fully saturated rings. The van der Waals surface area contributed by atoms with E-state index in [0.29, 0.717) is 52.7 Å². The van der Waals surface area contributed by atoms with Crippen LogP contribution in [0.15, 0.2) is 65.7 Å². The van der Waals surface area contributed by atoms with E-state index in [4.69, 9.17) is 9.47 Å². The van der Waals surface area contributed by atoms with Crippen LogP contribution in [0.3, 0.4) is 0 Å². The van der Waals surface area contributed by atoms with E-state index in [1.165, 1.54) is 16.7 Å². The number of amides is 1. The average Bonchev–Trinajstić information content (AvgIpc) is 3.45. The van der Waals surface area contributed by atoms with Gasteiger partial charge in [-0.1, -0.05) is 6.07 Å². The smallest absolute Gasteiger partial charge is 0.410 e. The van der Waals surface area contributed by atoms with Gasteiger partial charge < -0.3 is 28.8 Å². The van der Waals surface area contributed by atoms with Gasteiger partial charge in [-0.15, -0.1) is 0 Å². The van der Waals surface area contributed by atoms with Gasteiger partial charge in [0.15, 0.2) is 0 Å². The largest absolute Gasteiger partial charge is 0.457 e. The van der Waals surface area contributed by atoms with Crippen molar-refractivity contribution in [1.29, 1.82) is 0 Å². The second-order valence-electron chi connectivity index (χ2n) is 12.3. The fourth-order valence-electron chi connectivity index (χ4n) is 5.78. The van der Waals surface area contributed by atoms with E-state index in [-0.39, 0.29) is 17.3 Å². The Morgan fingerprint density at radius 3 is 2.48 bits per heavy atom. The molecule has 0 radical (unpaired) electrons. The number of non-ortho nitro benzene ring substituents is 1. The Morgan fingerprint density at radius 1 is 1.02 bits per heavy atom. The molecule has 44 heavy (non-hydrogen) atoms. The second kappa shape index (κ2) is 11.3. The zero-order chi connectivity index (χ0) is 31.2. The third-order valence-electron chi connectivity index (χ3n) is 8.11. The Labute approximate surface area is 254 Å². The minimum Gasteiger partial charge on any atom is -0.457 e. The molecular weight excluding hydrogens is 564 g/mol. The molecule has 1 amide bonds. The molecule has 2 aromatic heterocycles. The minimum absolute atomic E-state index is 0.0720. The van der Waals surface area contributed by atoms with E-state index < -0.39 is 10.5 Å². The third-order valence-corrected chi connectivity index (χ3v) is 8.11. The molecular formula is C32H36N6O6. The van der Waals surface area contributed by atoms with Crippen molar-refractivity contribution in [1.82, 2.24) is 19.4 Å². The van der Waals surface area contributed by atoms with Crippen LogP contribution in [-0.4, -0.2) is 81.3 Å². The Morgan fingerprint density at radius 2 is 1.77 bits per heavy atom. The summed E-state index contributed by atoms with van der Waals surface area (Å²) in [7, 11) is 1.65. The summed E-state index contributed by atoms with van der Waals surface area (Å²) in [5.74, 6) is 1.04. The molecule has 2 saturated heterocycles. The monoisotopic (exact) mass is 600 g/mol. The Balaban J connectivity index is 1.16. The SMILES string of the molecule is Cn1cc(-c2cc([N+](=O)[O-])ccc2Oc2cccc(N3CC(N4CCN(C(=O)OC(C)(C)C)CC4)C3)c2)c2cc[nH]c2c1=O. The lowest BCUT2D eigenvalue weighted by Crippen LogP contribution is -2.63. The molecule has 0 aliphatic carbocycles. The number of carbonyl (C=O) groups excluding carboxylic acids is 1. The highest BCUT2D eigenvalue weighted by Gasteiger charge is 2.35. The maximum Gasteiger partial charge on any atom is 0.410 e. The number of hydrogen-bond acceptors (Lipinski definition) is 8. The first-order valence-electron chi connectivity index (χ1n) is 14.7. The molecule has 4 aromatic rings. The van der Waals surface area contributed by atoms with Gasteiger partial charge in [0.1, 0.15) is 22.6 Å². The maximum atomic E-state index is 12.6. The van der Waals surface area contributed by atoms with E-state index in [2.05, 4.69) is 14.8 Å². The number of ether oxygens (including phenoxy) is 2. The number of hydrogen-bond donors (Lipinski definition) is 1. The number of pyridine rings is 1. The molecule has 12 heteroatoms. The number of fused-ring (bicyclic) bond motifs is 1. The van der Waals surface area contributed by atoms with E-state index in [0.717, 1.165) is 31.9 Å². The number of nitro benzene ring substituents is 1. The molecule has 0 atom stereocenters. The average molecular weight is 601 g/mol. The standard InChI is InChI=1S/C32H36N6O6/c1-32(2,3)44-31(40)36-14-12-35(13-15-36)23-18-37(19-23)21-6-5-7-24(16-21)43-28-9-8-22(38(41)42)17-26(28)27-20-34(4)30(39)29-25(27)10-11-33-29/h5-11,16-17,20,23,33H,12-15,18-19H2,1-4H3. The van der Waals surface area contributed by atoms with Crippen LogP contribution in [0.4, 0.5) is 16.2 Å². The normalized spacial score (nSPS) is 16.2. The zero-order valence-corrected chi connectivity index (χ0v) is 25.3. The number of nitro groups is 1. The number of H-pyrrole nitrogens is 1. The molecule has 1 N–H and O–H groups in total. The zero-order valence-electron chi connectivity index (χ0n) is 25.3. The van der Waals surface area contributed by atoms with Gasteiger partial charge in [-0.2, -0.15) is 0 Å². The number of carbonyl (C=O) groups is 1. The van der Waals surface area contributed by atoms with Crippen molar-refractivity contribution in [3.05, 3.63) is 81.4 Å². The summed E-state index contributed by atoms with van der Waals surface area (Å²) in [5.41, 5.74) is 1.84. The second-order valence-corrected chi connectivity index (χ2v) is 12.3. The topological polar surface area (TPSA) is 126 Å². The summed E-state index contributed by atoms with van der Waals surface area (Å²) in [6.07, 6.45) is 3.10. The van der Waals surface area contributed by atoms with Crippen LogP contribution < -0.4 is 15.2 Å². The third kappa shape index (κ3) is 5.85. The van der Waals surface area contributed by atoms with E-state index in [9.17, 15) is 19.7 Å². The number of anilines is 1. The first-order chi connectivity index (χ1) is 21.0. The highest BCUT2D eigenvalue weighted by atomic mass is 16.6. The number of nitrogens with one attached hydrogen (secondary N) is 1. The number of rotatable bonds is 6. The molecule has 0 unspecified atom stereocenters. The fourth-order valence-corrected chi connectivity index (χ4v) is 5.78. The molecule has 0 saturated carbocycles. The Bertz CT molecular complexity index is 1780. The lowest BCUT2D eigenvalue weighted by molar-refractivity contribution is -0.384. The van der Waals surface area contributed by atoms with Gasteiger partial charge in [0.05, 0.1) is 4.92 Å². The molecule has 6 rings (SSSR count). The van der Waals surface area contributed by atoms with Crippen molar-refractivity contribution in [2.45, 2.75) is 32.4 Å². The molecule has 12 nitrogen and oxygen atoms in total. The Kier molecular flexibility index (Phi) is 7.54. The van der Waals surface area contributed by atoms with Gasteiger partial charge in [-0.3, -0.25) is 19.8 Å². The van der Waals surface area contributed by atoms with E-state index in [1.54, 1.807) is 36.5 Å². The van der Waals surface area contributed by atoms with Gasteiger partial charge in [0.2, 0.25) is 0 Å². The summed E-state index contributed by atoms with van der Waals surface area (Å²) in [6.45, 7) is 10.3. The molecule has 2 aromatic carbocycles. The number of benzene rings is 2. The van der Waals surface area contributed by atoms with Crippen molar-refractivity contribution in [2.75, 3.05) is 44.2 Å². The van der Waals surface area contributed by atoms with Crippen molar-refractivity contribution in [2.24, 2.45) is 7.05 Å². The Hall–Kier alpha value is -4.84. The summed E-state index contributed by atoms with van der Waals surface area (Å²) >= 11 is 0. The minimum atomic E-state index is -0.503. The lowest BCUT2D eigenvalue weighted by Gasteiger charge is -2.49. The number of aromatic nitrogens is 2. The predicted octanol–water partition coefficient (Wildman–Crippen LogP) is 4.98. The van der Waals surface area contributed by atoms with Crippen LogP contribution in [0.1, 0.15) is 20.8 Å². The van der Waals surface area contributed by atoms with Crippen LogP contribution in [0.5, 0.6) is 11.5 Å². The van der Waals surface area contributed by atoms with Gasteiger partial charge in [-0.05, 0) is 45.0 Å². The molecule has 2 aliphatic heterocycles. The highest BCUT2D eigenvalue weighted by molar-refractivity contribution is 5.96. The van der Waals surface area contributed by atoms with Crippen LogP contribution in [0.25, 0.3) is 22.0 Å². The molecule has 2 aliphatic rings. The summed E-state index contributed by atoms with van der Waals surface area (Å²) in [6, 6.07) is 14.5. The van der Waals surface area contributed by atoms with Crippen molar-refractivity contribution in [3.63, 3.8) is 0 Å². The van der Waals surface area contributed by atoms with Crippen LogP contribution in [0, 0.1) is 10.1 Å². The number of piperazine rings is 1. The first kappa shape index (κ1) is 29.2. The fraction of sp³-hybridized carbons (Fsp3) is 0.375. The van der Waals surface area contributed by atoms with Crippen molar-refractivity contribution in [3.8, 4) is 22.6 Å². The van der Waals surface area contributed by atoms with Gasteiger partial charge in [0.25, 0.3) is 11.2 Å². The van der Waals surface area contributed by atoms with Crippen molar-refractivity contribution < 1.29 is 19.2 Å². The molecule has 0 spiro atoms. The van der Waals surface area contributed by atoms with Gasteiger partial charge >= 0.3 is 6.09 Å². The van der Waals surface area contributed by atoms with Gasteiger partial charge in [-0.25, -0.2) is 4.79 Å². The molecule has 230 valence electrons. The van der Waals surface area contributed by atoms with Gasteiger partial charge in [0, 0.05) is 105 Å². The molecule has 0 bridgehead atoms. The van der Waals surface area contributed by atoms with E-state index in [1.807, 2.05) is 45.0 Å². The van der Waals surface area contributed by atoms with E-state index >= 15 is 0 Å². The summed E-state index contributed by atoms with van der Waals surface area (Å²) < 4.78 is 13.3. The number of aryl methyl sites for hydroxylation is 1. The number of aromatic amines is 1. The lowest BCUT2D eigenvalue weighted by atomic mass is 10.0. The maximum absolute atomic E-state index is 12.6.